The quantitative estimate of drug-likeness (QED) is 0.811. The molecule has 1 aliphatic heterocycles. The molecule has 2 heterocycles. The SMILES string of the molecule is COCCC[C@@]1(CO)CCCN(c2cccc(C#N)n2)C1. The van der Waals surface area contributed by atoms with E-state index in [1.54, 1.807) is 13.2 Å². The van der Waals surface area contributed by atoms with Gasteiger partial charge in [0.2, 0.25) is 0 Å². The summed E-state index contributed by atoms with van der Waals surface area (Å²) in [4.78, 5) is 6.56. The first-order valence-corrected chi connectivity index (χ1v) is 7.45. The lowest BCUT2D eigenvalue weighted by Crippen LogP contribution is -2.46. The molecule has 114 valence electrons. The molecule has 0 aliphatic carbocycles. The first-order valence-electron chi connectivity index (χ1n) is 7.45. The summed E-state index contributed by atoms with van der Waals surface area (Å²) < 4.78 is 5.12. The number of nitriles is 1. The van der Waals surface area contributed by atoms with Crippen molar-refractivity contribution < 1.29 is 9.84 Å². The average Bonchev–Trinajstić information content (AvgIpc) is 2.55. The van der Waals surface area contributed by atoms with Crippen molar-refractivity contribution in [1.29, 1.82) is 5.26 Å². The van der Waals surface area contributed by atoms with Crippen LogP contribution in [0.2, 0.25) is 0 Å². The van der Waals surface area contributed by atoms with Gasteiger partial charge in [0.1, 0.15) is 17.6 Å². The first kappa shape index (κ1) is 15.7. The molecule has 0 spiro atoms. The number of hydrogen-bond donors (Lipinski definition) is 1. The lowest BCUT2D eigenvalue weighted by atomic mass is 9.77. The van der Waals surface area contributed by atoms with E-state index in [-0.39, 0.29) is 12.0 Å². The maximum absolute atomic E-state index is 9.87. The van der Waals surface area contributed by atoms with Gasteiger partial charge in [-0.1, -0.05) is 6.07 Å². The van der Waals surface area contributed by atoms with Crippen molar-refractivity contribution in [3.8, 4) is 6.07 Å². The van der Waals surface area contributed by atoms with Crippen LogP contribution in [0.3, 0.4) is 0 Å². The van der Waals surface area contributed by atoms with Crippen LogP contribution in [-0.4, -0.2) is 43.5 Å². The van der Waals surface area contributed by atoms with E-state index in [0.717, 1.165) is 51.2 Å². The monoisotopic (exact) mass is 289 g/mol. The van der Waals surface area contributed by atoms with Crippen LogP contribution in [0.5, 0.6) is 0 Å². The second kappa shape index (κ2) is 7.39. The molecule has 1 aliphatic rings. The summed E-state index contributed by atoms with van der Waals surface area (Å²) in [6.45, 7) is 2.62. The Labute approximate surface area is 126 Å². The van der Waals surface area contributed by atoms with Gasteiger partial charge in [0.25, 0.3) is 0 Å². The summed E-state index contributed by atoms with van der Waals surface area (Å²) in [5, 5.41) is 18.8. The van der Waals surface area contributed by atoms with Crippen LogP contribution in [0.25, 0.3) is 0 Å². The Balaban J connectivity index is 2.09. The minimum Gasteiger partial charge on any atom is -0.396 e. The number of hydrogen-bond acceptors (Lipinski definition) is 5. The van der Waals surface area contributed by atoms with E-state index >= 15 is 0 Å². The predicted octanol–water partition coefficient (Wildman–Crippen LogP) is 1.96. The number of rotatable bonds is 6. The zero-order valence-corrected chi connectivity index (χ0v) is 12.6. The van der Waals surface area contributed by atoms with Crippen molar-refractivity contribution in [2.24, 2.45) is 5.41 Å². The summed E-state index contributed by atoms with van der Waals surface area (Å²) in [7, 11) is 1.70. The third kappa shape index (κ3) is 3.93. The minimum absolute atomic E-state index is 0.0822. The minimum atomic E-state index is -0.0822. The maximum atomic E-state index is 9.87. The van der Waals surface area contributed by atoms with Gasteiger partial charge in [0.15, 0.2) is 0 Å². The van der Waals surface area contributed by atoms with Crippen molar-refractivity contribution in [1.82, 2.24) is 4.98 Å². The first-order chi connectivity index (χ1) is 10.2. The van der Waals surface area contributed by atoms with Crippen LogP contribution in [0.15, 0.2) is 18.2 Å². The third-order valence-electron chi connectivity index (χ3n) is 4.23. The molecule has 0 bridgehead atoms. The Morgan fingerprint density at radius 2 is 2.38 bits per heavy atom. The molecule has 0 saturated carbocycles. The zero-order chi connectivity index (χ0) is 15.1. The van der Waals surface area contributed by atoms with Crippen LogP contribution >= 0.6 is 0 Å². The topological polar surface area (TPSA) is 69.4 Å². The van der Waals surface area contributed by atoms with Crippen molar-refractivity contribution in [2.75, 3.05) is 38.3 Å². The van der Waals surface area contributed by atoms with Gasteiger partial charge in [-0.3, -0.25) is 0 Å². The van der Waals surface area contributed by atoms with Crippen LogP contribution in [-0.2, 0) is 4.74 Å². The number of anilines is 1. The number of pyridine rings is 1. The summed E-state index contributed by atoms with van der Waals surface area (Å²) >= 11 is 0. The van der Waals surface area contributed by atoms with Crippen molar-refractivity contribution in [3.05, 3.63) is 23.9 Å². The Hall–Kier alpha value is -1.64. The normalized spacial score (nSPS) is 22.0. The number of aliphatic hydroxyl groups is 1. The van der Waals surface area contributed by atoms with Gasteiger partial charge in [-0.25, -0.2) is 4.98 Å². The molecule has 1 fully saturated rings. The number of piperidine rings is 1. The number of aliphatic hydroxyl groups excluding tert-OH is 1. The summed E-state index contributed by atoms with van der Waals surface area (Å²) in [5.74, 6) is 0.832. The van der Waals surface area contributed by atoms with Crippen LogP contribution < -0.4 is 4.90 Å². The molecule has 1 aromatic heterocycles. The standard InChI is InChI=1S/C16H23N3O2/c1-21-10-4-8-16(13-20)7-3-9-19(12-16)15-6-2-5-14(11-17)18-15/h2,5-6,20H,3-4,7-10,12-13H2,1H3/t16-/m0/s1. The van der Waals surface area contributed by atoms with Crippen LogP contribution in [0.1, 0.15) is 31.4 Å². The predicted molar refractivity (Wildman–Crippen MR) is 81.0 cm³/mol. The second-order valence-electron chi connectivity index (χ2n) is 5.77. The van der Waals surface area contributed by atoms with Gasteiger partial charge in [-0.05, 0) is 37.8 Å². The Morgan fingerprint density at radius 3 is 3.10 bits per heavy atom. The molecule has 1 aromatic rings. The van der Waals surface area contributed by atoms with Gasteiger partial charge in [-0.2, -0.15) is 5.26 Å². The fourth-order valence-electron chi connectivity index (χ4n) is 3.07. The highest BCUT2D eigenvalue weighted by Crippen LogP contribution is 2.35. The number of methoxy groups -OCH3 is 1. The Morgan fingerprint density at radius 1 is 1.52 bits per heavy atom. The molecule has 5 heteroatoms. The van der Waals surface area contributed by atoms with Gasteiger partial charge in [0.05, 0.1) is 6.61 Å². The smallest absolute Gasteiger partial charge is 0.142 e. The van der Waals surface area contributed by atoms with E-state index in [1.165, 1.54) is 0 Å². The molecule has 0 radical (unpaired) electrons. The van der Waals surface area contributed by atoms with Crippen molar-refractivity contribution in [3.63, 3.8) is 0 Å². The van der Waals surface area contributed by atoms with Gasteiger partial charge in [-0.15, -0.1) is 0 Å². The molecular weight excluding hydrogens is 266 g/mol. The summed E-state index contributed by atoms with van der Waals surface area (Å²) in [6.07, 6.45) is 3.97. The van der Waals surface area contributed by atoms with Gasteiger partial charge >= 0.3 is 0 Å². The number of aromatic nitrogens is 1. The highest BCUT2D eigenvalue weighted by Gasteiger charge is 2.35. The number of ether oxygens (including phenoxy) is 1. The third-order valence-corrected chi connectivity index (χ3v) is 4.23. The molecule has 1 saturated heterocycles. The van der Waals surface area contributed by atoms with E-state index in [1.807, 2.05) is 12.1 Å². The zero-order valence-electron chi connectivity index (χ0n) is 12.6. The molecule has 1 N–H and O–H groups in total. The molecule has 0 unspecified atom stereocenters. The molecule has 0 aromatic carbocycles. The molecule has 1 atom stereocenters. The fourth-order valence-corrected chi connectivity index (χ4v) is 3.07. The van der Waals surface area contributed by atoms with Crippen LogP contribution in [0.4, 0.5) is 5.82 Å². The molecule has 2 rings (SSSR count). The van der Waals surface area contributed by atoms with E-state index < -0.39 is 0 Å². The molecule has 21 heavy (non-hydrogen) atoms. The fraction of sp³-hybridized carbons (Fsp3) is 0.625. The highest BCUT2D eigenvalue weighted by molar-refractivity contribution is 5.42. The second-order valence-corrected chi connectivity index (χ2v) is 5.77. The Kier molecular flexibility index (Phi) is 5.54. The van der Waals surface area contributed by atoms with E-state index in [4.69, 9.17) is 10.00 Å². The average molecular weight is 289 g/mol. The molecular formula is C16H23N3O2. The maximum Gasteiger partial charge on any atom is 0.142 e. The molecule has 5 nitrogen and oxygen atoms in total. The van der Waals surface area contributed by atoms with E-state index in [2.05, 4.69) is 16.0 Å². The van der Waals surface area contributed by atoms with E-state index in [9.17, 15) is 5.11 Å². The molecule has 0 amide bonds. The van der Waals surface area contributed by atoms with Gasteiger partial charge in [0, 0.05) is 32.2 Å². The lowest BCUT2D eigenvalue weighted by molar-refractivity contribution is 0.0820. The Bertz CT molecular complexity index is 501. The largest absolute Gasteiger partial charge is 0.396 e. The van der Waals surface area contributed by atoms with E-state index in [0.29, 0.717) is 5.69 Å². The number of nitrogens with zero attached hydrogens (tertiary/aromatic N) is 3. The van der Waals surface area contributed by atoms with Crippen molar-refractivity contribution >= 4 is 5.82 Å². The summed E-state index contributed by atoms with van der Waals surface area (Å²) in [5.41, 5.74) is 0.355. The van der Waals surface area contributed by atoms with Crippen LogP contribution in [0, 0.1) is 16.7 Å². The van der Waals surface area contributed by atoms with Crippen molar-refractivity contribution in [2.45, 2.75) is 25.7 Å². The highest BCUT2D eigenvalue weighted by atomic mass is 16.5. The van der Waals surface area contributed by atoms with Gasteiger partial charge < -0.3 is 14.7 Å². The summed E-state index contributed by atoms with van der Waals surface area (Å²) in [6, 6.07) is 7.59. The lowest BCUT2D eigenvalue weighted by Gasteiger charge is -2.42.